The number of nitrogens with two attached hydrogens (primary N) is 1. The Morgan fingerprint density at radius 2 is 1.90 bits per heavy atom. The van der Waals surface area contributed by atoms with Crippen LogP contribution in [0.3, 0.4) is 0 Å². The van der Waals surface area contributed by atoms with Gasteiger partial charge in [0.05, 0.1) is 13.2 Å². The van der Waals surface area contributed by atoms with Gasteiger partial charge < -0.3 is 20.2 Å². The number of carbonyl (C=O) groups excluding carboxylic acids is 1. The molecule has 2 rings (SSSR count). The summed E-state index contributed by atoms with van der Waals surface area (Å²) in [7, 11) is 1.03. The van der Waals surface area contributed by atoms with Crippen molar-refractivity contribution in [2.45, 2.75) is 65.0 Å². The van der Waals surface area contributed by atoms with E-state index in [0.29, 0.717) is 6.04 Å². The van der Waals surface area contributed by atoms with Crippen molar-refractivity contribution in [2.24, 2.45) is 11.1 Å². The maximum atomic E-state index is 10.7. The molecule has 0 bridgehead atoms. The average molecular weight is 434 g/mol. The van der Waals surface area contributed by atoms with Gasteiger partial charge in [-0.15, -0.1) is 0 Å². The summed E-state index contributed by atoms with van der Waals surface area (Å²) in [6.45, 7) is 12.3. The van der Waals surface area contributed by atoms with E-state index in [1.165, 1.54) is 11.1 Å². The van der Waals surface area contributed by atoms with Gasteiger partial charge in [0.1, 0.15) is 5.75 Å². The molecule has 0 aromatic heterocycles. The lowest BCUT2D eigenvalue weighted by Gasteiger charge is -2.37. The maximum absolute atomic E-state index is 10.7. The summed E-state index contributed by atoms with van der Waals surface area (Å²) in [4.78, 5) is 9.12. The van der Waals surface area contributed by atoms with Crippen molar-refractivity contribution >= 4 is 14.9 Å². The zero-order valence-electron chi connectivity index (χ0n) is 17.9. The summed E-state index contributed by atoms with van der Waals surface area (Å²) in [5.74, 6) is -1.30. The highest BCUT2D eigenvalue weighted by molar-refractivity contribution is 6.48. The molecule has 3 N–H and O–H groups in total. The largest absolute Gasteiger partial charge is 0.497 e. The predicted octanol–water partition coefficient (Wildman–Crippen LogP) is 3.99. The van der Waals surface area contributed by atoms with Crippen LogP contribution in [0.2, 0.25) is 13.1 Å². The Kier molecular flexibility index (Phi) is 9.17. The standard InChI is InChI=1S/C18H30NO2Si.C2H2F3NO/c1-18(2,3)17(21-22(5)6)12-16-15-8-7-14(20-4)11-13(15)9-10-19-16;3-2(4,5)1(6)7/h7-8,11,16-17,19H,9-10,12H2,1-6H3;(H2,6,7)/t16-,17?;/m1./s1. The highest BCUT2D eigenvalue weighted by Crippen LogP contribution is 2.35. The minimum absolute atomic E-state index is 0.160. The van der Waals surface area contributed by atoms with Gasteiger partial charge in [-0.1, -0.05) is 26.8 Å². The van der Waals surface area contributed by atoms with Crippen molar-refractivity contribution in [3.63, 3.8) is 0 Å². The van der Waals surface area contributed by atoms with Crippen molar-refractivity contribution in [2.75, 3.05) is 13.7 Å². The van der Waals surface area contributed by atoms with Gasteiger partial charge in [0, 0.05) is 6.04 Å². The molecule has 0 aliphatic carbocycles. The lowest BCUT2D eigenvalue weighted by Crippen LogP contribution is -2.39. The molecule has 0 saturated heterocycles. The number of amides is 1. The first kappa shape index (κ1) is 25.5. The normalized spacial score (nSPS) is 17.8. The number of nitrogens with one attached hydrogen (secondary N) is 1. The van der Waals surface area contributed by atoms with Crippen LogP contribution in [0.1, 0.15) is 44.4 Å². The van der Waals surface area contributed by atoms with Crippen LogP contribution < -0.4 is 15.8 Å². The van der Waals surface area contributed by atoms with Crippen LogP contribution in [0.25, 0.3) is 0 Å². The van der Waals surface area contributed by atoms with E-state index in [1.54, 1.807) is 7.11 Å². The third kappa shape index (κ3) is 8.35. The lowest BCUT2D eigenvalue weighted by atomic mass is 9.82. The van der Waals surface area contributed by atoms with E-state index in [1.807, 2.05) is 0 Å². The Morgan fingerprint density at radius 3 is 2.34 bits per heavy atom. The van der Waals surface area contributed by atoms with E-state index in [4.69, 9.17) is 14.0 Å². The van der Waals surface area contributed by atoms with Crippen molar-refractivity contribution in [1.29, 1.82) is 0 Å². The lowest BCUT2D eigenvalue weighted by molar-refractivity contribution is -0.169. The smallest absolute Gasteiger partial charge is 0.470 e. The van der Waals surface area contributed by atoms with Crippen LogP contribution in [0.5, 0.6) is 5.75 Å². The SMILES string of the molecule is COc1ccc2c(c1)CCN[C@@H]2CC(O[Si](C)C)C(C)(C)C.NC(=O)C(F)(F)F. The van der Waals surface area contributed by atoms with Gasteiger partial charge in [0.2, 0.25) is 9.04 Å². The Balaban J connectivity index is 0.000000516. The molecule has 1 amide bonds. The van der Waals surface area contributed by atoms with E-state index >= 15 is 0 Å². The topological polar surface area (TPSA) is 73.6 Å². The molecule has 165 valence electrons. The molecule has 0 saturated carbocycles. The van der Waals surface area contributed by atoms with Crippen LogP contribution in [-0.4, -0.2) is 40.9 Å². The summed E-state index contributed by atoms with van der Waals surface area (Å²) in [6, 6.07) is 6.85. The summed E-state index contributed by atoms with van der Waals surface area (Å²) in [6.07, 6.45) is -2.48. The van der Waals surface area contributed by atoms with Crippen molar-refractivity contribution < 1.29 is 27.1 Å². The molecule has 9 heteroatoms. The number of carbonyl (C=O) groups is 1. The van der Waals surface area contributed by atoms with Gasteiger partial charge in [-0.05, 0) is 61.2 Å². The predicted molar refractivity (Wildman–Crippen MR) is 109 cm³/mol. The fraction of sp³-hybridized carbons (Fsp3) is 0.650. The van der Waals surface area contributed by atoms with Gasteiger partial charge in [-0.2, -0.15) is 13.2 Å². The second-order valence-corrected chi connectivity index (χ2v) is 10.4. The quantitative estimate of drug-likeness (QED) is 0.689. The number of benzene rings is 1. The first-order chi connectivity index (χ1) is 13.3. The van der Waals surface area contributed by atoms with E-state index in [9.17, 15) is 13.2 Å². The van der Waals surface area contributed by atoms with E-state index in [0.717, 1.165) is 25.1 Å². The van der Waals surface area contributed by atoms with E-state index < -0.39 is 21.1 Å². The number of halogens is 3. The Morgan fingerprint density at radius 1 is 1.31 bits per heavy atom. The molecule has 1 aliphatic heterocycles. The highest BCUT2D eigenvalue weighted by Gasteiger charge is 2.35. The number of hydrogen-bond donors (Lipinski definition) is 2. The third-order valence-corrected chi connectivity index (χ3v) is 5.34. The third-order valence-electron chi connectivity index (χ3n) is 4.58. The Bertz CT molecular complexity index is 676. The van der Waals surface area contributed by atoms with E-state index in [2.05, 4.69) is 63.1 Å². The summed E-state index contributed by atoms with van der Waals surface area (Å²) in [5.41, 5.74) is 6.79. The zero-order valence-corrected chi connectivity index (χ0v) is 18.9. The molecule has 1 unspecified atom stereocenters. The molecule has 0 spiro atoms. The number of rotatable bonds is 5. The first-order valence-electron chi connectivity index (χ1n) is 9.49. The van der Waals surface area contributed by atoms with Crippen molar-refractivity contribution in [3.05, 3.63) is 29.3 Å². The number of alkyl halides is 3. The number of ether oxygens (including phenoxy) is 1. The maximum Gasteiger partial charge on any atom is 0.470 e. The summed E-state index contributed by atoms with van der Waals surface area (Å²) in [5, 5.41) is 3.68. The Labute approximate surface area is 172 Å². The number of fused-ring (bicyclic) bond motifs is 1. The highest BCUT2D eigenvalue weighted by atomic mass is 28.3. The molecular formula is C20H32F3N2O3Si. The first-order valence-corrected chi connectivity index (χ1v) is 11.9. The van der Waals surface area contributed by atoms with E-state index in [-0.39, 0.29) is 11.5 Å². The Hall–Kier alpha value is -1.58. The molecular weight excluding hydrogens is 401 g/mol. The number of methoxy groups -OCH3 is 1. The second-order valence-electron chi connectivity index (χ2n) is 8.30. The van der Waals surface area contributed by atoms with Crippen LogP contribution in [0.4, 0.5) is 13.2 Å². The minimum atomic E-state index is -4.86. The number of primary amides is 1. The van der Waals surface area contributed by atoms with Gasteiger partial charge in [0.25, 0.3) is 0 Å². The summed E-state index contributed by atoms with van der Waals surface area (Å²) >= 11 is 0. The molecule has 29 heavy (non-hydrogen) atoms. The second kappa shape index (κ2) is 10.4. The van der Waals surface area contributed by atoms with Crippen molar-refractivity contribution in [1.82, 2.24) is 5.32 Å². The van der Waals surface area contributed by atoms with Gasteiger partial charge in [-0.25, -0.2) is 0 Å². The molecule has 1 radical (unpaired) electrons. The van der Waals surface area contributed by atoms with Gasteiger partial charge in [0.15, 0.2) is 0 Å². The van der Waals surface area contributed by atoms with Crippen LogP contribution in [0.15, 0.2) is 18.2 Å². The molecule has 1 aliphatic rings. The molecule has 1 aromatic carbocycles. The van der Waals surface area contributed by atoms with Gasteiger partial charge in [-0.3, -0.25) is 4.79 Å². The van der Waals surface area contributed by atoms with Crippen LogP contribution >= 0.6 is 0 Å². The van der Waals surface area contributed by atoms with Crippen LogP contribution in [-0.2, 0) is 15.6 Å². The fourth-order valence-corrected chi connectivity index (χ4v) is 4.06. The average Bonchev–Trinajstić information content (AvgIpc) is 2.59. The van der Waals surface area contributed by atoms with Crippen LogP contribution in [0, 0.1) is 5.41 Å². The molecule has 5 nitrogen and oxygen atoms in total. The number of hydrogen-bond acceptors (Lipinski definition) is 4. The molecule has 1 heterocycles. The molecule has 1 aromatic rings. The van der Waals surface area contributed by atoms with Gasteiger partial charge >= 0.3 is 12.1 Å². The summed E-state index contributed by atoms with van der Waals surface area (Å²) < 4.78 is 43.8. The molecule has 2 atom stereocenters. The monoisotopic (exact) mass is 433 g/mol. The zero-order chi connectivity index (χ0) is 22.4. The molecule has 0 fully saturated rings. The van der Waals surface area contributed by atoms with Crippen molar-refractivity contribution in [3.8, 4) is 5.75 Å². The minimum Gasteiger partial charge on any atom is -0.497 e. The fourth-order valence-electron chi connectivity index (χ4n) is 3.04.